The number of carbonyl (C=O) groups excluding carboxylic acids is 1. The molecule has 3 nitrogen and oxygen atoms in total. The van der Waals surface area contributed by atoms with Gasteiger partial charge in [-0.3, -0.25) is 0 Å². The van der Waals surface area contributed by atoms with Gasteiger partial charge in [0.2, 0.25) is 0 Å². The van der Waals surface area contributed by atoms with Crippen molar-refractivity contribution < 1.29 is 14.3 Å². The van der Waals surface area contributed by atoms with Crippen molar-refractivity contribution in [1.82, 2.24) is 0 Å². The number of hydrogen-bond donors (Lipinski definition) is 0. The minimum atomic E-state index is -1.04. The Hall–Kier alpha value is -1.08. The number of ether oxygens (including phenoxy) is 2. The molecular weight excluding hydrogens is 379 g/mol. The van der Waals surface area contributed by atoms with Gasteiger partial charge in [0.15, 0.2) is 0 Å². The topological polar surface area (TPSA) is 35.5 Å². The second-order valence-electron chi connectivity index (χ2n) is 9.27. The Morgan fingerprint density at radius 1 is 0.931 bits per heavy atom. The van der Waals surface area contributed by atoms with Crippen LogP contribution in [0.5, 0.6) is 5.75 Å². The van der Waals surface area contributed by atoms with E-state index in [9.17, 15) is 4.79 Å². The van der Waals surface area contributed by atoms with Crippen LogP contribution < -0.4 is 4.74 Å². The third kappa shape index (κ3) is 9.08. The first-order valence-corrected chi connectivity index (χ1v) is 14.0. The Morgan fingerprint density at radius 2 is 1.45 bits per heavy atom. The summed E-state index contributed by atoms with van der Waals surface area (Å²) in [5.41, 5.74) is 1.32. The summed E-state index contributed by atoms with van der Waals surface area (Å²) in [5.74, 6) is 0.321. The van der Waals surface area contributed by atoms with E-state index in [1.165, 1.54) is 62.6 Å². The molecule has 0 N–H and O–H groups in total. The van der Waals surface area contributed by atoms with Crippen molar-refractivity contribution in [2.45, 2.75) is 91.8 Å². The van der Waals surface area contributed by atoms with Gasteiger partial charge in [0, 0.05) is 7.26 Å². The van der Waals surface area contributed by atoms with Gasteiger partial charge in [0.05, 0.1) is 31.8 Å². The Balaban J connectivity index is 3.15. The van der Waals surface area contributed by atoms with E-state index >= 15 is 0 Å². The molecule has 0 bridgehead atoms. The van der Waals surface area contributed by atoms with E-state index in [1.807, 2.05) is 26.8 Å². The molecule has 0 aliphatic heterocycles. The molecule has 0 spiro atoms. The van der Waals surface area contributed by atoms with Gasteiger partial charge in [0.25, 0.3) is 0 Å². The number of methoxy groups -OCH3 is 1. The predicted octanol–water partition coefficient (Wildman–Crippen LogP) is 7.57. The standard InChI is InChI=1S/C25H44O3P/c1-8-11-16-29(17-12-9-2,18-13-10-3)20-21-14-15-22(23(19-21)27-7)24(26)28-25(4,5)6/h14-15,19H,8-13,16-18,20H2,1-7H3/q+1. The largest absolute Gasteiger partial charge is 0.496 e. The highest BCUT2D eigenvalue weighted by Crippen LogP contribution is 2.63. The van der Waals surface area contributed by atoms with Gasteiger partial charge >= 0.3 is 5.97 Å². The van der Waals surface area contributed by atoms with Gasteiger partial charge in [-0.2, -0.15) is 0 Å². The number of benzene rings is 1. The first kappa shape index (κ1) is 26.0. The summed E-state index contributed by atoms with van der Waals surface area (Å²) in [6.07, 6.45) is 13.1. The van der Waals surface area contributed by atoms with Crippen molar-refractivity contribution in [2.75, 3.05) is 25.6 Å². The van der Waals surface area contributed by atoms with Crippen molar-refractivity contribution in [2.24, 2.45) is 0 Å². The van der Waals surface area contributed by atoms with Crippen molar-refractivity contribution in [3.05, 3.63) is 29.3 Å². The Morgan fingerprint density at radius 3 is 1.86 bits per heavy atom. The summed E-state index contributed by atoms with van der Waals surface area (Å²) < 4.78 is 11.1. The maximum Gasteiger partial charge on any atom is 0.342 e. The van der Waals surface area contributed by atoms with E-state index in [-0.39, 0.29) is 5.97 Å². The van der Waals surface area contributed by atoms with Crippen LogP contribution in [0.3, 0.4) is 0 Å². The molecular formula is C25H44O3P+. The van der Waals surface area contributed by atoms with Crippen molar-refractivity contribution in [1.29, 1.82) is 0 Å². The number of unbranched alkanes of at least 4 members (excludes halogenated alkanes) is 3. The summed E-state index contributed by atoms with van der Waals surface area (Å²) in [6, 6.07) is 6.11. The van der Waals surface area contributed by atoms with E-state index in [4.69, 9.17) is 9.47 Å². The van der Waals surface area contributed by atoms with Gasteiger partial charge in [-0.25, -0.2) is 4.79 Å². The minimum Gasteiger partial charge on any atom is -0.496 e. The number of esters is 1. The second-order valence-corrected chi connectivity index (χ2v) is 13.6. The summed E-state index contributed by atoms with van der Waals surface area (Å²) in [4.78, 5) is 12.6. The number of hydrogen-bond acceptors (Lipinski definition) is 3. The fourth-order valence-electron chi connectivity index (χ4n) is 3.78. The van der Waals surface area contributed by atoms with Crippen LogP contribution in [0.1, 0.15) is 96.0 Å². The Bertz CT molecular complexity index is 597. The molecule has 0 heterocycles. The third-order valence-corrected chi connectivity index (χ3v) is 10.2. The molecule has 0 amide bonds. The molecule has 0 aliphatic rings. The van der Waals surface area contributed by atoms with E-state index in [2.05, 4.69) is 32.9 Å². The molecule has 0 aliphatic carbocycles. The molecule has 0 saturated heterocycles. The molecule has 0 radical (unpaired) electrons. The molecule has 0 fully saturated rings. The molecule has 0 unspecified atom stereocenters. The first-order valence-electron chi connectivity index (χ1n) is 11.5. The van der Waals surface area contributed by atoms with Gasteiger partial charge in [-0.1, -0.05) is 46.1 Å². The lowest BCUT2D eigenvalue weighted by molar-refractivity contribution is 0.00665. The van der Waals surface area contributed by atoms with Gasteiger partial charge < -0.3 is 9.47 Å². The summed E-state index contributed by atoms with van der Waals surface area (Å²) >= 11 is 0. The smallest absolute Gasteiger partial charge is 0.342 e. The average molecular weight is 424 g/mol. The summed E-state index contributed by atoms with van der Waals surface area (Å²) in [7, 11) is 0.597. The van der Waals surface area contributed by atoms with Crippen molar-refractivity contribution in [3.8, 4) is 5.75 Å². The fraction of sp³-hybridized carbons (Fsp3) is 0.720. The van der Waals surface area contributed by atoms with E-state index in [1.54, 1.807) is 7.11 Å². The van der Waals surface area contributed by atoms with Crippen LogP contribution in [0.2, 0.25) is 0 Å². The van der Waals surface area contributed by atoms with Gasteiger partial charge in [0.1, 0.15) is 16.9 Å². The maximum absolute atomic E-state index is 12.6. The molecule has 29 heavy (non-hydrogen) atoms. The molecule has 4 heteroatoms. The quantitative estimate of drug-likeness (QED) is 0.242. The van der Waals surface area contributed by atoms with Crippen LogP contribution in [0.15, 0.2) is 18.2 Å². The first-order chi connectivity index (χ1) is 13.7. The highest BCUT2D eigenvalue weighted by Gasteiger charge is 2.36. The summed E-state index contributed by atoms with van der Waals surface area (Å²) in [6.45, 7) is 12.6. The van der Waals surface area contributed by atoms with E-state index in [0.717, 1.165) is 6.16 Å². The monoisotopic (exact) mass is 423 g/mol. The Kier molecular flexibility index (Phi) is 11.3. The molecule has 1 rings (SSSR count). The van der Waals surface area contributed by atoms with Crippen LogP contribution in [-0.2, 0) is 10.9 Å². The van der Waals surface area contributed by atoms with Crippen molar-refractivity contribution in [3.63, 3.8) is 0 Å². The molecule has 0 saturated carbocycles. The Labute approximate surface area is 180 Å². The van der Waals surface area contributed by atoms with Crippen LogP contribution in [0, 0.1) is 0 Å². The van der Waals surface area contributed by atoms with Gasteiger partial charge in [-0.05, 0) is 57.7 Å². The lowest BCUT2D eigenvalue weighted by Gasteiger charge is -2.28. The van der Waals surface area contributed by atoms with Crippen LogP contribution in [-0.4, -0.2) is 37.2 Å². The highest BCUT2D eigenvalue weighted by molar-refractivity contribution is 7.75. The van der Waals surface area contributed by atoms with Crippen LogP contribution in [0.25, 0.3) is 0 Å². The zero-order valence-corrected chi connectivity index (χ0v) is 20.9. The molecule has 0 aromatic heterocycles. The second kappa shape index (κ2) is 12.6. The summed E-state index contributed by atoms with van der Waals surface area (Å²) in [5, 5.41) is 0. The SMILES string of the molecule is CCCC[P+](CCCC)(CCCC)Cc1ccc(C(=O)OC(C)(C)C)c(OC)c1. The lowest BCUT2D eigenvalue weighted by atomic mass is 10.1. The van der Waals surface area contributed by atoms with Crippen LogP contribution >= 0.6 is 7.26 Å². The zero-order valence-electron chi connectivity index (χ0n) is 20.0. The maximum atomic E-state index is 12.6. The predicted molar refractivity (Wildman–Crippen MR) is 128 cm³/mol. The van der Waals surface area contributed by atoms with E-state index < -0.39 is 12.9 Å². The molecule has 166 valence electrons. The van der Waals surface area contributed by atoms with Crippen molar-refractivity contribution >= 4 is 13.2 Å². The fourth-order valence-corrected chi connectivity index (χ4v) is 8.85. The number of rotatable bonds is 13. The number of carbonyl (C=O) groups is 1. The highest BCUT2D eigenvalue weighted by atomic mass is 31.2. The third-order valence-electron chi connectivity index (χ3n) is 5.36. The van der Waals surface area contributed by atoms with Gasteiger partial charge in [-0.15, -0.1) is 0 Å². The van der Waals surface area contributed by atoms with E-state index in [0.29, 0.717) is 11.3 Å². The molecule has 1 aromatic carbocycles. The minimum absolute atomic E-state index is 0.315. The normalized spacial score (nSPS) is 12.1. The molecule has 1 aromatic rings. The molecule has 0 atom stereocenters. The van der Waals surface area contributed by atoms with Crippen LogP contribution in [0.4, 0.5) is 0 Å². The lowest BCUT2D eigenvalue weighted by Crippen LogP contribution is -2.24. The zero-order chi connectivity index (χ0) is 21.9. The average Bonchev–Trinajstić information content (AvgIpc) is 2.67.